The van der Waals surface area contributed by atoms with Crippen LogP contribution in [0.25, 0.3) is 0 Å². The van der Waals surface area contributed by atoms with E-state index in [1.807, 2.05) is 0 Å². The number of hydrogen-bond donors (Lipinski definition) is 2. The van der Waals surface area contributed by atoms with Crippen LogP contribution in [0, 0.1) is 0 Å². The van der Waals surface area contributed by atoms with Crippen LogP contribution in [0.5, 0.6) is 0 Å². The molecule has 16 heavy (non-hydrogen) atoms. The van der Waals surface area contributed by atoms with Gasteiger partial charge in [-0.25, -0.2) is 0 Å². The lowest BCUT2D eigenvalue weighted by atomic mass is 10.2. The molecule has 0 aliphatic carbocycles. The van der Waals surface area contributed by atoms with Crippen LogP contribution in [0.3, 0.4) is 0 Å². The van der Waals surface area contributed by atoms with Gasteiger partial charge in [-0.3, -0.25) is 9.79 Å². The van der Waals surface area contributed by atoms with Crippen molar-refractivity contribution >= 4 is 23.2 Å². The summed E-state index contributed by atoms with van der Waals surface area (Å²) in [6, 6.07) is 0. The minimum absolute atomic E-state index is 0.0501. The van der Waals surface area contributed by atoms with E-state index in [0.717, 1.165) is 13.0 Å². The monoisotopic (exact) mass is 244 g/mol. The summed E-state index contributed by atoms with van der Waals surface area (Å²) in [5.74, 6) is -0.294. The van der Waals surface area contributed by atoms with E-state index >= 15 is 0 Å². The summed E-state index contributed by atoms with van der Waals surface area (Å²) in [6.45, 7) is 2.17. The third-order valence-corrected chi connectivity index (χ3v) is 2.65. The Morgan fingerprint density at radius 2 is 2.25 bits per heavy atom. The SMILES string of the molecule is CN(C)C(=O)/C(N)=C(\Cl)C1=NCCCNC1. The molecule has 6 heteroatoms. The zero-order valence-electron chi connectivity index (χ0n) is 9.59. The number of hydrogen-bond acceptors (Lipinski definition) is 4. The number of carbonyl (C=O) groups is 1. The number of aliphatic imine (C=N–C) groups is 1. The number of nitrogens with two attached hydrogens (primary N) is 1. The Bertz CT molecular complexity index is 336. The Kier molecular flexibility index (Phi) is 4.76. The standard InChI is InChI=1S/C10H17ClN4O/c1-15(2)10(16)9(12)8(11)7-6-13-4-3-5-14-7/h13H,3-6,12H2,1-2H3/b9-8+. The van der Waals surface area contributed by atoms with Gasteiger partial charge in [0.15, 0.2) is 0 Å². The maximum Gasteiger partial charge on any atom is 0.270 e. The van der Waals surface area contributed by atoms with Crippen LogP contribution >= 0.6 is 11.6 Å². The molecule has 0 fully saturated rings. The number of rotatable bonds is 2. The molecule has 0 saturated heterocycles. The van der Waals surface area contributed by atoms with Crippen LogP contribution < -0.4 is 11.1 Å². The molecule has 0 bridgehead atoms. The summed E-state index contributed by atoms with van der Waals surface area (Å²) in [4.78, 5) is 17.3. The van der Waals surface area contributed by atoms with Crippen LogP contribution in [-0.2, 0) is 4.79 Å². The molecule has 3 N–H and O–H groups in total. The van der Waals surface area contributed by atoms with Crippen LogP contribution in [0.2, 0.25) is 0 Å². The van der Waals surface area contributed by atoms with Gasteiger partial charge in [0, 0.05) is 27.2 Å². The molecular formula is C10H17ClN4O. The van der Waals surface area contributed by atoms with E-state index in [2.05, 4.69) is 10.3 Å². The highest BCUT2D eigenvalue weighted by Gasteiger charge is 2.17. The lowest BCUT2D eigenvalue weighted by Crippen LogP contribution is -2.30. The first kappa shape index (κ1) is 13.0. The van der Waals surface area contributed by atoms with E-state index in [9.17, 15) is 4.79 Å². The van der Waals surface area contributed by atoms with E-state index < -0.39 is 0 Å². The number of nitrogens with one attached hydrogen (secondary N) is 1. The van der Waals surface area contributed by atoms with Gasteiger partial charge >= 0.3 is 0 Å². The topological polar surface area (TPSA) is 70.7 Å². The molecule has 0 aromatic carbocycles. The van der Waals surface area contributed by atoms with Crippen molar-refractivity contribution in [1.29, 1.82) is 0 Å². The fraction of sp³-hybridized carbons (Fsp3) is 0.600. The number of nitrogens with zero attached hydrogens (tertiary/aromatic N) is 2. The lowest BCUT2D eigenvalue weighted by Gasteiger charge is -2.12. The molecule has 0 radical (unpaired) electrons. The van der Waals surface area contributed by atoms with Crippen LogP contribution in [-0.4, -0.2) is 50.2 Å². The Labute approximate surface area is 100 Å². The maximum atomic E-state index is 11.6. The van der Waals surface area contributed by atoms with E-state index in [1.165, 1.54) is 4.90 Å². The first-order valence-corrected chi connectivity index (χ1v) is 5.53. The molecule has 0 atom stereocenters. The summed E-state index contributed by atoms with van der Waals surface area (Å²) in [5.41, 5.74) is 6.40. The first-order chi connectivity index (χ1) is 7.54. The van der Waals surface area contributed by atoms with E-state index in [4.69, 9.17) is 17.3 Å². The Morgan fingerprint density at radius 3 is 2.88 bits per heavy atom. The van der Waals surface area contributed by atoms with Crippen molar-refractivity contribution in [3.05, 3.63) is 10.7 Å². The van der Waals surface area contributed by atoms with Gasteiger partial charge in [-0.2, -0.15) is 0 Å². The third-order valence-electron chi connectivity index (χ3n) is 2.23. The van der Waals surface area contributed by atoms with Gasteiger partial charge in [-0.15, -0.1) is 0 Å². The van der Waals surface area contributed by atoms with Crippen molar-refractivity contribution in [3.63, 3.8) is 0 Å². The van der Waals surface area contributed by atoms with Crippen molar-refractivity contribution in [2.75, 3.05) is 33.7 Å². The average molecular weight is 245 g/mol. The minimum atomic E-state index is -0.294. The molecule has 0 unspecified atom stereocenters. The van der Waals surface area contributed by atoms with E-state index in [1.54, 1.807) is 14.1 Å². The molecule has 0 aromatic heterocycles. The highest BCUT2D eigenvalue weighted by Crippen LogP contribution is 2.11. The minimum Gasteiger partial charge on any atom is -0.393 e. The Hall–Kier alpha value is -1.07. The first-order valence-electron chi connectivity index (χ1n) is 5.15. The largest absolute Gasteiger partial charge is 0.393 e. The van der Waals surface area contributed by atoms with Crippen molar-refractivity contribution in [2.45, 2.75) is 6.42 Å². The van der Waals surface area contributed by atoms with Gasteiger partial charge in [-0.1, -0.05) is 11.6 Å². The fourth-order valence-electron chi connectivity index (χ4n) is 1.32. The zero-order chi connectivity index (χ0) is 12.1. The molecular weight excluding hydrogens is 228 g/mol. The predicted molar refractivity (Wildman–Crippen MR) is 65.5 cm³/mol. The van der Waals surface area contributed by atoms with Crippen molar-refractivity contribution in [3.8, 4) is 0 Å². The Morgan fingerprint density at radius 1 is 1.56 bits per heavy atom. The van der Waals surface area contributed by atoms with Crippen LogP contribution in [0.15, 0.2) is 15.7 Å². The summed E-state index contributed by atoms with van der Waals surface area (Å²) < 4.78 is 0. The number of likely N-dealkylation sites (N-methyl/N-ethyl adjacent to an activating group) is 1. The molecule has 0 saturated carbocycles. The summed E-state index contributed by atoms with van der Waals surface area (Å²) in [5, 5.41) is 3.43. The summed E-state index contributed by atoms with van der Waals surface area (Å²) in [6.07, 6.45) is 0.967. The van der Waals surface area contributed by atoms with Gasteiger partial charge in [-0.05, 0) is 13.0 Å². The second-order valence-corrected chi connectivity index (χ2v) is 4.16. The summed E-state index contributed by atoms with van der Waals surface area (Å²) in [7, 11) is 3.26. The molecule has 1 rings (SSSR count). The quantitative estimate of drug-likeness (QED) is 0.668. The van der Waals surface area contributed by atoms with Crippen molar-refractivity contribution in [1.82, 2.24) is 10.2 Å². The second-order valence-electron chi connectivity index (χ2n) is 3.79. The van der Waals surface area contributed by atoms with Crippen LogP contribution in [0.4, 0.5) is 0 Å². The molecule has 0 aromatic rings. The third kappa shape index (κ3) is 3.21. The average Bonchev–Trinajstić information content (AvgIpc) is 2.54. The van der Waals surface area contributed by atoms with Gasteiger partial charge in [0.1, 0.15) is 5.70 Å². The summed E-state index contributed by atoms with van der Waals surface area (Å²) >= 11 is 6.06. The molecule has 1 amide bonds. The van der Waals surface area contributed by atoms with Crippen molar-refractivity contribution in [2.24, 2.45) is 10.7 Å². The van der Waals surface area contributed by atoms with Crippen LogP contribution in [0.1, 0.15) is 6.42 Å². The molecule has 90 valence electrons. The van der Waals surface area contributed by atoms with Gasteiger partial charge in [0.2, 0.25) is 0 Å². The smallest absolute Gasteiger partial charge is 0.270 e. The molecule has 1 aliphatic heterocycles. The highest BCUT2D eigenvalue weighted by atomic mass is 35.5. The maximum absolute atomic E-state index is 11.6. The predicted octanol–water partition coefficient (Wildman–Crippen LogP) is -0.0820. The number of carbonyl (C=O) groups excluding carboxylic acids is 1. The van der Waals surface area contributed by atoms with Gasteiger partial charge in [0.25, 0.3) is 5.91 Å². The van der Waals surface area contributed by atoms with E-state index in [0.29, 0.717) is 18.8 Å². The lowest BCUT2D eigenvalue weighted by molar-refractivity contribution is -0.124. The molecule has 1 heterocycles. The van der Waals surface area contributed by atoms with E-state index in [-0.39, 0.29) is 16.6 Å². The van der Waals surface area contributed by atoms with Gasteiger partial charge in [0.05, 0.1) is 10.7 Å². The Balaban J connectivity index is 2.88. The normalized spacial score (nSPS) is 18.3. The van der Waals surface area contributed by atoms with Crippen molar-refractivity contribution < 1.29 is 4.79 Å². The highest BCUT2D eigenvalue weighted by molar-refractivity contribution is 6.45. The van der Waals surface area contributed by atoms with Gasteiger partial charge < -0.3 is 16.0 Å². The molecule has 0 spiro atoms. The fourth-order valence-corrected chi connectivity index (χ4v) is 1.53. The number of amides is 1. The molecule has 5 nitrogen and oxygen atoms in total. The second kappa shape index (κ2) is 5.86. The molecule has 1 aliphatic rings. The zero-order valence-corrected chi connectivity index (χ0v) is 10.3. The number of halogens is 1.